The molecule has 0 unspecified atom stereocenters. The lowest BCUT2D eigenvalue weighted by molar-refractivity contribution is -0.190. The Labute approximate surface area is 230 Å². The fourth-order valence-electron chi connectivity index (χ4n) is 4.48. The number of piperazine rings is 1. The number of benzene rings is 2. The summed E-state index contributed by atoms with van der Waals surface area (Å²) in [6, 6.07) is 13.1. The zero-order valence-electron chi connectivity index (χ0n) is 20.8. The van der Waals surface area contributed by atoms with Gasteiger partial charge in [0.15, 0.2) is 0 Å². The van der Waals surface area contributed by atoms with Gasteiger partial charge < -0.3 is 23.8 Å². The number of amides is 1. The van der Waals surface area contributed by atoms with Gasteiger partial charge in [-0.05, 0) is 36.4 Å². The fraction of sp³-hybridized carbons (Fsp3) is 0.400. The van der Waals surface area contributed by atoms with E-state index in [4.69, 9.17) is 37.4 Å². The lowest BCUT2D eigenvalue weighted by Crippen LogP contribution is -2.53. The third-order valence-electron chi connectivity index (χ3n) is 6.39. The van der Waals surface area contributed by atoms with E-state index in [2.05, 4.69) is 25.1 Å². The largest absolute Gasteiger partial charge is 0.491 e. The second-order valence-electron chi connectivity index (χ2n) is 8.90. The zero-order valence-corrected chi connectivity index (χ0v) is 22.3. The molecule has 1 N–H and O–H groups in total. The van der Waals surface area contributed by atoms with Gasteiger partial charge in [-0.1, -0.05) is 29.3 Å². The number of nitrogens with one attached hydrogen (secondary N) is 1. The number of hydrogen-bond donors (Lipinski definition) is 1. The van der Waals surface area contributed by atoms with Gasteiger partial charge in [-0.25, -0.2) is 19.5 Å². The number of halogens is 2. The molecule has 0 aliphatic carbocycles. The molecule has 11 nitrogen and oxygen atoms in total. The molecule has 2 aliphatic heterocycles. The van der Waals surface area contributed by atoms with E-state index in [0.717, 1.165) is 24.5 Å². The number of methoxy groups -OCH3 is 1. The van der Waals surface area contributed by atoms with Gasteiger partial charge in [-0.2, -0.15) is 5.10 Å². The summed E-state index contributed by atoms with van der Waals surface area (Å²) >= 11 is 12.6. The smallest absolute Gasteiger partial charge is 0.421 e. The summed E-state index contributed by atoms with van der Waals surface area (Å²) in [6.45, 7) is 3.82. The second-order valence-corrected chi connectivity index (χ2v) is 9.75. The molecule has 1 amide bonds. The summed E-state index contributed by atoms with van der Waals surface area (Å²) in [4.78, 5) is 17.7. The van der Waals surface area contributed by atoms with Crippen LogP contribution >= 0.6 is 23.2 Å². The molecule has 0 spiro atoms. The molecule has 2 aliphatic rings. The molecule has 5 rings (SSSR count). The average Bonchev–Trinajstić information content (AvgIpc) is 3.59. The Morgan fingerprint density at radius 1 is 1.16 bits per heavy atom. The number of carbonyl (C=O) groups is 1. The predicted molar refractivity (Wildman–Crippen MR) is 140 cm³/mol. The van der Waals surface area contributed by atoms with Crippen molar-refractivity contribution >= 4 is 35.0 Å². The van der Waals surface area contributed by atoms with Crippen LogP contribution in [0.5, 0.6) is 5.75 Å². The summed E-state index contributed by atoms with van der Waals surface area (Å²) in [6.07, 6.45) is 2.26. The Kier molecular flexibility index (Phi) is 8.20. The maximum absolute atomic E-state index is 11.4. The Hall–Kier alpha value is -3.09. The Bertz CT molecular complexity index is 1220. The van der Waals surface area contributed by atoms with Crippen molar-refractivity contribution in [2.75, 3.05) is 51.4 Å². The number of aromatic nitrogens is 3. The molecular weight excluding hydrogens is 535 g/mol. The van der Waals surface area contributed by atoms with Gasteiger partial charge in [0.05, 0.1) is 18.7 Å². The molecule has 202 valence electrons. The van der Waals surface area contributed by atoms with Crippen LogP contribution in [0, 0.1) is 0 Å². The van der Waals surface area contributed by atoms with E-state index in [-0.39, 0.29) is 12.6 Å². The Balaban J connectivity index is 1.18. The molecular formula is C25H28Cl2N6O5. The SMILES string of the molecule is COC(=O)NN1CCN(c2ccc(OC[C@@H]3CO[C@@](Cn4cncn4)(c4ccc(Cl)cc4Cl)O3)cc2)CC1. The van der Waals surface area contributed by atoms with Crippen LogP contribution in [0.25, 0.3) is 0 Å². The van der Waals surface area contributed by atoms with Crippen molar-refractivity contribution in [2.24, 2.45) is 0 Å². The van der Waals surface area contributed by atoms with Gasteiger partial charge in [0, 0.05) is 42.5 Å². The maximum Gasteiger partial charge on any atom is 0.421 e. The van der Waals surface area contributed by atoms with Crippen LogP contribution in [0.4, 0.5) is 10.5 Å². The van der Waals surface area contributed by atoms with Crippen molar-refractivity contribution in [1.82, 2.24) is 25.2 Å². The van der Waals surface area contributed by atoms with Crippen molar-refractivity contribution in [3.63, 3.8) is 0 Å². The normalized spacial score (nSPS) is 21.9. The van der Waals surface area contributed by atoms with Gasteiger partial charge in [0.1, 0.15) is 37.7 Å². The zero-order chi connectivity index (χ0) is 26.5. The standard InChI is InChI=1S/C25H28Cl2N6O5/c1-35-24(34)30-32-10-8-31(9-11-32)19-3-5-20(6-4-19)36-13-21-14-37-25(38-21,15-33-17-28-16-29-33)22-7-2-18(26)12-23(22)27/h2-7,12,16-17,21H,8-11,13-15H2,1H3,(H,30,34)/t21-,25-/m1/s1. The van der Waals surface area contributed by atoms with Crippen molar-refractivity contribution in [2.45, 2.75) is 18.4 Å². The first-order valence-corrected chi connectivity index (χ1v) is 12.9. The summed E-state index contributed by atoms with van der Waals surface area (Å²) in [5, 5.41) is 7.01. The third-order valence-corrected chi connectivity index (χ3v) is 6.94. The van der Waals surface area contributed by atoms with Crippen molar-refractivity contribution in [1.29, 1.82) is 0 Å². The van der Waals surface area contributed by atoms with E-state index >= 15 is 0 Å². The van der Waals surface area contributed by atoms with Crippen molar-refractivity contribution < 1.29 is 23.7 Å². The third kappa shape index (κ3) is 6.13. The molecule has 3 heterocycles. The monoisotopic (exact) mass is 562 g/mol. The molecule has 13 heteroatoms. The number of hydrogen-bond acceptors (Lipinski definition) is 9. The highest BCUT2D eigenvalue weighted by atomic mass is 35.5. The lowest BCUT2D eigenvalue weighted by atomic mass is 10.1. The minimum absolute atomic E-state index is 0.266. The van der Waals surface area contributed by atoms with Crippen LogP contribution in [0.15, 0.2) is 55.1 Å². The first kappa shape index (κ1) is 26.5. The van der Waals surface area contributed by atoms with Gasteiger partial charge in [-0.15, -0.1) is 0 Å². The molecule has 3 aromatic rings. The molecule has 2 aromatic carbocycles. The number of rotatable bonds is 8. The van der Waals surface area contributed by atoms with Crippen LogP contribution in [-0.2, 0) is 26.5 Å². The summed E-state index contributed by atoms with van der Waals surface area (Å²) in [5.74, 6) is -0.431. The molecule has 0 bridgehead atoms. The molecule has 2 fully saturated rings. The number of anilines is 1. The highest BCUT2D eigenvalue weighted by Crippen LogP contribution is 2.40. The number of nitrogens with zero attached hydrogens (tertiary/aromatic N) is 5. The van der Waals surface area contributed by atoms with Crippen LogP contribution in [0.3, 0.4) is 0 Å². The van der Waals surface area contributed by atoms with E-state index in [0.29, 0.717) is 41.9 Å². The second kappa shape index (κ2) is 11.7. The molecule has 0 radical (unpaired) electrons. The first-order chi connectivity index (χ1) is 18.4. The van der Waals surface area contributed by atoms with Gasteiger partial charge in [0.25, 0.3) is 0 Å². The van der Waals surface area contributed by atoms with E-state index in [9.17, 15) is 4.79 Å². The quantitative estimate of drug-likeness (QED) is 0.442. The Morgan fingerprint density at radius 2 is 1.95 bits per heavy atom. The first-order valence-electron chi connectivity index (χ1n) is 12.1. The highest BCUT2D eigenvalue weighted by molar-refractivity contribution is 6.35. The molecule has 2 atom stereocenters. The van der Waals surface area contributed by atoms with Gasteiger partial charge in [-0.3, -0.25) is 5.43 Å². The summed E-state index contributed by atoms with van der Waals surface area (Å²) in [7, 11) is 1.35. The molecule has 0 saturated carbocycles. The van der Waals surface area contributed by atoms with E-state index in [1.807, 2.05) is 29.3 Å². The number of carbonyl (C=O) groups excluding carboxylic acids is 1. The maximum atomic E-state index is 11.4. The highest BCUT2D eigenvalue weighted by Gasteiger charge is 2.45. The van der Waals surface area contributed by atoms with E-state index in [1.165, 1.54) is 13.4 Å². The van der Waals surface area contributed by atoms with Crippen LogP contribution in [0.1, 0.15) is 5.56 Å². The minimum atomic E-state index is -1.15. The van der Waals surface area contributed by atoms with Crippen LogP contribution in [0.2, 0.25) is 10.0 Å². The molecule has 38 heavy (non-hydrogen) atoms. The Morgan fingerprint density at radius 3 is 2.63 bits per heavy atom. The predicted octanol–water partition coefficient (Wildman–Crippen LogP) is 3.33. The summed E-state index contributed by atoms with van der Waals surface area (Å²) < 4.78 is 24.9. The lowest BCUT2D eigenvalue weighted by Gasteiger charge is -2.35. The van der Waals surface area contributed by atoms with Crippen LogP contribution in [-0.4, -0.2) is 78.5 Å². The number of hydrazine groups is 1. The molecule has 1 aromatic heterocycles. The fourth-order valence-corrected chi connectivity index (χ4v) is 5.03. The van der Waals surface area contributed by atoms with E-state index < -0.39 is 11.9 Å². The van der Waals surface area contributed by atoms with Gasteiger partial charge >= 0.3 is 6.09 Å². The van der Waals surface area contributed by atoms with Crippen molar-refractivity contribution in [3.05, 3.63) is 70.7 Å². The minimum Gasteiger partial charge on any atom is -0.491 e. The molecule has 2 saturated heterocycles. The topological polar surface area (TPSA) is 103 Å². The van der Waals surface area contributed by atoms with Gasteiger partial charge in [0.2, 0.25) is 5.79 Å². The van der Waals surface area contributed by atoms with Crippen molar-refractivity contribution in [3.8, 4) is 5.75 Å². The number of ether oxygens (including phenoxy) is 4. The van der Waals surface area contributed by atoms with Crippen LogP contribution < -0.4 is 15.1 Å². The van der Waals surface area contributed by atoms with E-state index in [1.54, 1.807) is 29.2 Å². The average molecular weight is 563 g/mol. The summed E-state index contributed by atoms with van der Waals surface area (Å²) in [5.41, 5.74) is 4.45.